The standard InChI is InChI=1S/C26H32N4O4/c1-17(20-7-6-18-4-2-3-5-21(18)14-20)29-24(31)16-34-26(33)19-10-12-30(13-11-19)23-9-8-22(15-28-23)25(27)32/h6-9,14-15,17,19H,2-5,10-13,16H2,1H3,(H2,27,32)(H,29,31). The second-order valence-corrected chi connectivity index (χ2v) is 9.16. The number of primary amides is 1. The first-order chi connectivity index (χ1) is 16.4. The molecule has 4 rings (SSSR count). The van der Waals surface area contributed by atoms with Crippen molar-refractivity contribution in [3.63, 3.8) is 0 Å². The molecule has 1 saturated heterocycles. The number of nitrogens with one attached hydrogen (secondary N) is 1. The van der Waals surface area contributed by atoms with E-state index in [1.165, 1.54) is 30.2 Å². The van der Waals surface area contributed by atoms with Gasteiger partial charge in [-0.3, -0.25) is 14.4 Å². The fourth-order valence-electron chi connectivity index (χ4n) is 4.71. The molecule has 180 valence electrons. The first-order valence-electron chi connectivity index (χ1n) is 12.0. The van der Waals surface area contributed by atoms with Crippen LogP contribution in [0.5, 0.6) is 0 Å². The number of carbonyl (C=O) groups excluding carboxylic acids is 3. The molecule has 0 radical (unpaired) electrons. The Morgan fingerprint density at radius 1 is 1.12 bits per heavy atom. The summed E-state index contributed by atoms with van der Waals surface area (Å²) in [7, 11) is 0. The van der Waals surface area contributed by atoms with Crippen LogP contribution in [0.25, 0.3) is 0 Å². The van der Waals surface area contributed by atoms with Crippen LogP contribution in [-0.4, -0.2) is 42.5 Å². The van der Waals surface area contributed by atoms with Gasteiger partial charge in [-0.25, -0.2) is 4.98 Å². The van der Waals surface area contributed by atoms with Gasteiger partial charge in [0.05, 0.1) is 17.5 Å². The predicted molar refractivity (Wildman–Crippen MR) is 128 cm³/mol. The number of amides is 2. The average Bonchev–Trinajstić information content (AvgIpc) is 2.87. The minimum atomic E-state index is -0.512. The third-order valence-electron chi connectivity index (χ3n) is 6.78. The second kappa shape index (κ2) is 10.7. The van der Waals surface area contributed by atoms with Gasteiger partial charge in [0.1, 0.15) is 5.82 Å². The van der Waals surface area contributed by atoms with Crippen LogP contribution >= 0.6 is 0 Å². The number of hydrogen-bond acceptors (Lipinski definition) is 6. The Bertz CT molecular complexity index is 1050. The van der Waals surface area contributed by atoms with E-state index in [0.717, 1.165) is 24.2 Å². The van der Waals surface area contributed by atoms with E-state index in [9.17, 15) is 14.4 Å². The molecule has 0 spiro atoms. The van der Waals surface area contributed by atoms with Crippen molar-refractivity contribution in [2.45, 2.75) is 51.5 Å². The summed E-state index contributed by atoms with van der Waals surface area (Å²) < 4.78 is 5.32. The Labute approximate surface area is 199 Å². The van der Waals surface area contributed by atoms with Crippen LogP contribution in [0.3, 0.4) is 0 Å². The normalized spacial score (nSPS) is 16.9. The van der Waals surface area contributed by atoms with Gasteiger partial charge in [-0.05, 0) is 74.3 Å². The lowest BCUT2D eigenvalue weighted by molar-refractivity contribution is -0.153. The highest BCUT2D eigenvalue weighted by Crippen LogP contribution is 2.25. The quantitative estimate of drug-likeness (QED) is 0.609. The Morgan fingerprint density at radius 2 is 1.85 bits per heavy atom. The Hall–Kier alpha value is -3.42. The highest BCUT2D eigenvalue weighted by atomic mass is 16.5. The fraction of sp³-hybridized carbons (Fsp3) is 0.462. The van der Waals surface area contributed by atoms with E-state index in [4.69, 9.17) is 10.5 Å². The Balaban J connectivity index is 1.21. The number of carbonyl (C=O) groups is 3. The van der Waals surface area contributed by atoms with E-state index >= 15 is 0 Å². The van der Waals surface area contributed by atoms with Crippen molar-refractivity contribution in [1.29, 1.82) is 0 Å². The number of pyridine rings is 1. The molecule has 1 aromatic carbocycles. The van der Waals surface area contributed by atoms with Crippen molar-refractivity contribution in [3.05, 3.63) is 58.8 Å². The van der Waals surface area contributed by atoms with Gasteiger partial charge in [0.25, 0.3) is 5.91 Å². The highest BCUT2D eigenvalue weighted by molar-refractivity contribution is 5.92. The lowest BCUT2D eigenvalue weighted by Crippen LogP contribution is -2.38. The smallest absolute Gasteiger partial charge is 0.309 e. The highest BCUT2D eigenvalue weighted by Gasteiger charge is 2.27. The minimum Gasteiger partial charge on any atom is -0.455 e. The molecule has 0 bridgehead atoms. The van der Waals surface area contributed by atoms with Gasteiger partial charge in [0.15, 0.2) is 6.61 Å². The summed E-state index contributed by atoms with van der Waals surface area (Å²) in [5, 5.41) is 2.94. The molecule has 1 atom stereocenters. The third-order valence-corrected chi connectivity index (χ3v) is 6.78. The summed E-state index contributed by atoms with van der Waals surface area (Å²) >= 11 is 0. The van der Waals surface area contributed by atoms with Crippen LogP contribution in [0.1, 0.15) is 65.7 Å². The molecule has 1 aromatic heterocycles. The summed E-state index contributed by atoms with van der Waals surface area (Å²) in [6.07, 6.45) is 7.37. The van der Waals surface area contributed by atoms with Gasteiger partial charge in [-0.15, -0.1) is 0 Å². The van der Waals surface area contributed by atoms with E-state index < -0.39 is 5.91 Å². The maximum Gasteiger partial charge on any atom is 0.309 e. The zero-order valence-corrected chi connectivity index (χ0v) is 19.6. The van der Waals surface area contributed by atoms with Crippen LogP contribution in [0.4, 0.5) is 5.82 Å². The number of nitrogens with zero attached hydrogens (tertiary/aromatic N) is 2. The molecule has 2 aromatic rings. The largest absolute Gasteiger partial charge is 0.455 e. The molecule has 3 N–H and O–H groups in total. The molecule has 1 fully saturated rings. The molecular formula is C26H32N4O4. The Kier molecular flexibility index (Phi) is 7.45. The molecule has 1 unspecified atom stereocenters. The maximum absolute atomic E-state index is 12.5. The third kappa shape index (κ3) is 5.73. The topological polar surface area (TPSA) is 115 Å². The van der Waals surface area contributed by atoms with Gasteiger partial charge in [0.2, 0.25) is 5.91 Å². The lowest BCUT2D eigenvalue weighted by atomic mass is 9.89. The first-order valence-corrected chi connectivity index (χ1v) is 12.0. The zero-order valence-electron chi connectivity index (χ0n) is 19.6. The number of anilines is 1. The summed E-state index contributed by atoms with van der Waals surface area (Å²) in [4.78, 5) is 42.4. The molecule has 0 saturated carbocycles. The van der Waals surface area contributed by atoms with Crippen LogP contribution < -0.4 is 16.0 Å². The fourth-order valence-corrected chi connectivity index (χ4v) is 4.71. The molecule has 34 heavy (non-hydrogen) atoms. The van der Waals surface area contributed by atoms with Gasteiger partial charge in [-0.1, -0.05) is 18.2 Å². The van der Waals surface area contributed by atoms with Crippen LogP contribution in [0.15, 0.2) is 36.5 Å². The van der Waals surface area contributed by atoms with Crippen LogP contribution in [0, 0.1) is 5.92 Å². The summed E-state index contributed by atoms with van der Waals surface area (Å²) in [6.45, 7) is 2.96. The number of hydrogen-bond donors (Lipinski definition) is 2. The van der Waals surface area contributed by atoms with E-state index in [1.54, 1.807) is 12.1 Å². The number of rotatable bonds is 7. The molecule has 1 aliphatic carbocycles. The summed E-state index contributed by atoms with van der Waals surface area (Å²) in [5.74, 6) is -0.649. The van der Waals surface area contributed by atoms with E-state index in [0.29, 0.717) is 31.5 Å². The van der Waals surface area contributed by atoms with Crippen molar-refractivity contribution >= 4 is 23.6 Å². The summed E-state index contributed by atoms with van der Waals surface area (Å²) in [5.41, 5.74) is 9.47. The van der Waals surface area contributed by atoms with E-state index in [-0.39, 0.29) is 30.4 Å². The van der Waals surface area contributed by atoms with Crippen molar-refractivity contribution in [2.75, 3.05) is 24.6 Å². The molecular weight excluding hydrogens is 432 g/mol. The zero-order chi connectivity index (χ0) is 24.1. The molecule has 2 aliphatic rings. The van der Waals surface area contributed by atoms with Crippen molar-refractivity contribution in [2.24, 2.45) is 11.7 Å². The van der Waals surface area contributed by atoms with E-state index in [2.05, 4.69) is 33.4 Å². The number of fused-ring (bicyclic) bond motifs is 1. The number of aryl methyl sites for hydroxylation is 2. The van der Waals surface area contributed by atoms with Crippen molar-refractivity contribution < 1.29 is 19.1 Å². The van der Waals surface area contributed by atoms with Gasteiger partial charge in [-0.2, -0.15) is 0 Å². The maximum atomic E-state index is 12.5. The van der Waals surface area contributed by atoms with Gasteiger partial charge >= 0.3 is 5.97 Å². The number of benzene rings is 1. The average molecular weight is 465 g/mol. The minimum absolute atomic E-state index is 0.143. The van der Waals surface area contributed by atoms with E-state index in [1.807, 2.05) is 6.92 Å². The molecule has 8 heteroatoms. The number of aromatic nitrogens is 1. The number of ether oxygens (including phenoxy) is 1. The van der Waals surface area contributed by atoms with Crippen LogP contribution in [0.2, 0.25) is 0 Å². The molecule has 1 aliphatic heterocycles. The first kappa shape index (κ1) is 23.7. The number of nitrogens with two attached hydrogens (primary N) is 1. The lowest BCUT2D eigenvalue weighted by Gasteiger charge is -2.31. The van der Waals surface area contributed by atoms with Gasteiger partial charge < -0.3 is 20.7 Å². The molecule has 2 amide bonds. The monoisotopic (exact) mass is 464 g/mol. The van der Waals surface area contributed by atoms with Crippen molar-refractivity contribution in [3.8, 4) is 0 Å². The predicted octanol–water partition coefficient (Wildman–Crippen LogP) is 2.70. The Morgan fingerprint density at radius 3 is 2.53 bits per heavy atom. The van der Waals surface area contributed by atoms with Crippen molar-refractivity contribution in [1.82, 2.24) is 10.3 Å². The summed E-state index contributed by atoms with van der Waals surface area (Å²) in [6, 6.07) is 9.69. The number of piperidine rings is 1. The SMILES string of the molecule is CC(NC(=O)COC(=O)C1CCN(c2ccc(C(N)=O)cn2)CC1)c1ccc2c(c1)CCCC2. The second-order valence-electron chi connectivity index (χ2n) is 9.16. The molecule has 2 heterocycles. The van der Waals surface area contributed by atoms with Crippen LogP contribution in [-0.2, 0) is 27.2 Å². The number of esters is 1. The molecule has 8 nitrogen and oxygen atoms in total. The van der Waals surface area contributed by atoms with Gasteiger partial charge in [0, 0.05) is 19.3 Å².